The van der Waals surface area contributed by atoms with Crippen LogP contribution in [-0.4, -0.2) is 14.5 Å². The number of benzene rings is 3. The predicted octanol–water partition coefficient (Wildman–Crippen LogP) is 7.82. The number of para-hydroxylation sites is 1. The van der Waals surface area contributed by atoms with Crippen LogP contribution < -0.4 is 0 Å². The SMILES string of the molecule is CC1=Cc2cccc3nc(-c4[c-]cccc4)n(c23)C1(C)C.Cc1c[c-]c(-c2ccc(C)cn2)cc1.[Ir]. The van der Waals surface area contributed by atoms with Gasteiger partial charge < -0.3 is 9.55 Å². The molecule has 5 aromatic rings. The van der Waals surface area contributed by atoms with Crippen LogP contribution in [0.4, 0.5) is 0 Å². The topological polar surface area (TPSA) is 30.7 Å². The van der Waals surface area contributed by atoms with Crippen LogP contribution in [-0.2, 0) is 25.6 Å². The fourth-order valence-electron chi connectivity index (χ4n) is 4.40. The van der Waals surface area contributed by atoms with E-state index in [2.05, 4.69) is 91.9 Å². The molecule has 36 heavy (non-hydrogen) atoms. The number of hydrogen-bond acceptors (Lipinski definition) is 2. The summed E-state index contributed by atoms with van der Waals surface area (Å²) in [4.78, 5) is 9.23. The molecule has 3 aromatic carbocycles. The Morgan fingerprint density at radius 3 is 2.28 bits per heavy atom. The Hall–Kier alpha value is -3.33. The normalized spacial score (nSPS) is 13.3. The summed E-state index contributed by atoms with van der Waals surface area (Å²) in [7, 11) is 0. The molecule has 0 spiro atoms. The van der Waals surface area contributed by atoms with E-state index in [9.17, 15) is 0 Å². The van der Waals surface area contributed by atoms with Crippen LogP contribution in [0.1, 0.15) is 37.5 Å². The van der Waals surface area contributed by atoms with E-state index in [1.807, 2.05) is 49.5 Å². The van der Waals surface area contributed by atoms with E-state index in [4.69, 9.17) is 4.98 Å². The number of pyridine rings is 1. The Kier molecular flexibility index (Phi) is 7.40. The number of imidazole rings is 1. The molecule has 0 N–H and O–H groups in total. The molecule has 0 saturated carbocycles. The number of aryl methyl sites for hydroxylation is 2. The third kappa shape index (κ3) is 4.84. The van der Waals surface area contributed by atoms with Gasteiger partial charge in [0, 0.05) is 26.3 Å². The van der Waals surface area contributed by atoms with E-state index in [0.29, 0.717) is 0 Å². The standard InChI is InChI=1S/C19H17N2.C13H12N.Ir/c1-13-12-15-10-7-11-16-17(15)21(19(13,2)3)18(20-16)14-8-5-4-6-9-14;1-10-3-6-12(7-4-10)13-8-5-11(2)9-14-13;/h4-8,10-12H,1-3H3;3-6,8-9H,1-2H3;/q2*-1;. The average Bonchev–Trinajstić information content (AvgIpc) is 3.27. The van der Waals surface area contributed by atoms with Crippen molar-refractivity contribution >= 4 is 17.1 Å². The molecule has 1 aliphatic rings. The molecule has 0 saturated heterocycles. The van der Waals surface area contributed by atoms with Crippen LogP contribution >= 0.6 is 0 Å². The number of rotatable bonds is 2. The van der Waals surface area contributed by atoms with E-state index in [1.54, 1.807) is 0 Å². The summed E-state index contributed by atoms with van der Waals surface area (Å²) in [5, 5.41) is 0. The number of nitrogens with zero attached hydrogens (tertiary/aromatic N) is 3. The van der Waals surface area contributed by atoms with Crippen LogP contribution in [0.2, 0.25) is 0 Å². The summed E-state index contributed by atoms with van der Waals surface area (Å²) in [6.45, 7) is 10.8. The minimum Gasteiger partial charge on any atom is -0.355 e. The Morgan fingerprint density at radius 1 is 0.806 bits per heavy atom. The predicted molar refractivity (Wildman–Crippen MR) is 145 cm³/mol. The Bertz CT molecular complexity index is 1470. The molecule has 183 valence electrons. The van der Waals surface area contributed by atoms with Gasteiger partial charge in [-0.2, -0.15) is 0 Å². The van der Waals surface area contributed by atoms with Gasteiger partial charge >= 0.3 is 0 Å². The minimum atomic E-state index is -0.0812. The van der Waals surface area contributed by atoms with Gasteiger partial charge in [-0.05, 0) is 56.2 Å². The van der Waals surface area contributed by atoms with Gasteiger partial charge in [-0.15, -0.1) is 71.3 Å². The zero-order valence-electron chi connectivity index (χ0n) is 21.3. The monoisotopic (exact) mass is 648 g/mol. The van der Waals surface area contributed by atoms with Crippen LogP contribution in [0.25, 0.3) is 39.8 Å². The molecular weight excluding hydrogens is 619 g/mol. The molecule has 0 fully saturated rings. The largest absolute Gasteiger partial charge is 0.355 e. The van der Waals surface area contributed by atoms with Gasteiger partial charge in [-0.25, -0.2) is 0 Å². The van der Waals surface area contributed by atoms with Gasteiger partial charge in [0.05, 0.1) is 22.4 Å². The Labute approximate surface area is 227 Å². The van der Waals surface area contributed by atoms with E-state index in [0.717, 1.165) is 28.2 Å². The van der Waals surface area contributed by atoms with Gasteiger partial charge in [0.25, 0.3) is 0 Å². The maximum Gasteiger partial charge on any atom is 0.0777 e. The molecule has 2 aromatic heterocycles. The summed E-state index contributed by atoms with van der Waals surface area (Å²) in [6, 6.07) is 31.1. The second-order valence-electron chi connectivity index (χ2n) is 9.65. The molecular formula is C32H29IrN3-2. The number of aromatic nitrogens is 3. The molecule has 1 aliphatic heterocycles. The summed E-state index contributed by atoms with van der Waals surface area (Å²) >= 11 is 0. The summed E-state index contributed by atoms with van der Waals surface area (Å²) < 4.78 is 2.36. The fraction of sp³-hybridized carbons (Fsp3) is 0.188. The summed E-state index contributed by atoms with van der Waals surface area (Å²) in [5.41, 5.74) is 10.3. The molecule has 0 bridgehead atoms. The van der Waals surface area contributed by atoms with Crippen molar-refractivity contribution in [2.24, 2.45) is 0 Å². The molecule has 6 rings (SSSR count). The molecule has 0 aliphatic carbocycles. The zero-order chi connectivity index (χ0) is 24.6. The molecule has 1 radical (unpaired) electrons. The van der Waals surface area contributed by atoms with Gasteiger partial charge in [-0.1, -0.05) is 37.3 Å². The van der Waals surface area contributed by atoms with Gasteiger partial charge in [-0.3, -0.25) is 4.98 Å². The van der Waals surface area contributed by atoms with Crippen LogP contribution in [0, 0.1) is 26.0 Å². The van der Waals surface area contributed by atoms with Crippen LogP contribution in [0.15, 0.2) is 84.6 Å². The smallest absolute Gasteiger partial charge is 0.0777 e. The first-order valence-electron chi connectivity index (χ1n) is 11.9. The third-order valence-corrected chi connectivity index (χ3v) is 6.71. The van der Waals surface area contributed by atoms with Crippen molar-refractivity contribution in [3.05, 3.63) is 113 Å². The van der Waals surface area contributed by atoms with Crippen molar-refractivity contribution in [2.75, 3.05) is 0 Å². The third-order valence-electron chi connectivity index (χ3n) is 6.71. The molecule has 0 amide bonds. The van der Waals surface area contributed by atoms with Gasteiger partial charge in [0.15, 0.2) is 0 Å². The average molecular weight is 648 g/mol. The molecule has 0 atom stereocenters. The Balaban J connectivity index is 0.000000178. The maximum absolute atomic E-state index is 4.88. The first kappa shape index (κ1) is 25.8. The molecule has 3 nitrogen and oxygen atoms in total. The number of hydrogen-bond donors (Lipinski definition) is 0. The molecule has 4 heteroatoms. The van der Waals surface area contributed by atoms with Gasteiger partial charge in [0.1, 0.15) is 0 Å². The summed E-state index contributed by atoms with van der Waals surface area (Å²) in [5.74, 6) is 0.996. The van der Waals surface area contributed by atoms with E-state index < -0.39 is 0 Å². The van der Waals surface area contributed by atoms with Crippen LogP contribution in [0.5, 0.6) is 0 Å². The quantitative estimate of drug-likeness (QED) is 0.183. The molecule has 3 heterocycles. The van der Waals surface area contributed by atoms with Crippen LogP contribution in [0.3, 0.4) is 0 Å². The first-order valence-corrected chi connectivity index (χ1v) is 11.9. The minimum absolute atomic E-state index is 0. The second kappa shape index (κ2) is 10.3. The summed E-state index contributed by atoms with van der Waals surface area (Å²) in [6.07, 6.45) is 4.16. The second-order valence-corrected chi connectivity index (χ2v) is 9.65. The maximum atomic E-state index is 4.88. The van der Waals surface area contributed by atoms with Crippen molar-refractivity contribution in [3.63, 3.8) is 0 Å². The van der Waals surface area contributed by atoms with Crippen molar-refractivity contribution in [2.45, 2.75) is 40.2 Å². The number of allylic oxidation sites excluding steroid dienone is 1. The van der Waals surface area contributed by atoms with Crippen molar-refractivity contribution in [1.29, 1.82) is 0 Å². The van der Waals surface area contributed by atoms with Crippen molar-refractivity contribution < 1.29 is 20.1 Å². The Morgan fingerprint density at radius 2 is 1.61 bits per heavy atom. The fourth-order valence-corrected chi connectivity index (χ4v) is 4.40. The van der Waals surface area contributed by atoms with E-state index >= 15 is 0 Å². The van der Waals surface area contributed by atoms with E-state index in [1.165, 1.54) is 27.8 Å². The van der Waals surface area contributed by atoms with Crippen molar-refractivity contribution in [1.82, 2.24) is 14.5 Å². The zero-order valence-corrected chi connectivity index (χ0v) is 23.7. The molecule has 0 unspecified atom stereocenters. The van der Waals surface area contributed by atoms with Crippen molar-refractivity contribution in [3.8, 4) is 22.6 Å². The first-order chi connectivity index (χ1) is 16.8. The van der Waals surface area contributed by atoms with Gasteiger partial charge in [0.2, 0.25) is 0 Å². The van der Waals surface area contributed by atoms with E-state index in [-0.39, 0.29) is 25.6 Å².